The van der Waals surface area contributed by atoms with Gasteiger partial charge in [0.15, 0.2) is 0 Å². The third kappa shape index (κ3) is 7.95. The van der Waals surface area contributed by atoms with Crippen LogP contribution in [0.1, 0.15) is 20.8 Å². The molecule has 0 fully saturated rings. The average molecular weight is 195 g/mol. The van der Waals surface area contributed by atoms with Crippen molar-refractivity contribution in [3.8, 4) is 0 Å². The zero-order chi connectivity index (χ0) is 7.49. The maximum atomic E-state index is 10.2. The van der Waals surface area contributed by atoms with Crippen LogP contribution in [0.25, 0.3) is 0 Å². The molecule has 2 nitrogen and oxygen atoms in total. The molecule has 0 bridgehead atoms. The van der Waals surface area contributed by atoms with Gasteiger partial charge < -0.3 is 4.74 Å². The van der Waals surface area contributed by atoms with Crippen molar-refractivity contribution >= 4 is 21.9 Å². The second kappa shape index (κ2) is 3.20. The van der Waals surface area contributed by atoms with E-state index in [-0.39, 0.29) is 10.3 Å². The highest BCUT2D eigenvalue weighted by Gasteiger charge is 2.13. The lowest BCUT2D eigenvalue weighted by Crippen LogP contribution is -2.19. The highest BCUT2D eigenvalue weighted by atomic mass is 79.9. The molecule has 0 saturated heterocycles. The summed E-state index contributed by atoms with van der Waals surface area (Å²) in [6.45, 7) is 5.70. The Morgan fingerprint density at radius 1 is 1.67 bits per heavy atom. The van der Waals surface area contributed by atoms with Crippen molar-refractivity contribution in [2.24, 2.45) is 0 Å². The smallest absolute Gasteiger partial charge is 0.302 e. The van der Waals surface area contributed by atoms with Crippen molar-refractivity contribution in [2.45, 2.75) is 25.1 Å². The Kier molecular flexibility index (Phi) is 3.18. The molecule has 0 N–H and O–H groups in total. The van der Waals surface area contributed by atoms with Crippen LogP contribution < -0.4 is 0 Å². The summed E-state index contributed by atoms with van der Waals surface area (Å²) in [6, 6.07) is 0. The van der Waals surface area contributed by atoms with Gasteiger partial charge in [-0.2, -0.15) is 0 Å². The van der Waals surface area contributed by atoms with E-state index in [4.69, 9.17) is 4.74 Å². The molecular weight excluding hydrogens is 184 g/mol. The third-order valence-corrected chi connectivity index (χ3v) is 0.848. The fourth-order valence-electron chi connectivity index (χ4n) is 0.273. The van der Waals surface area contributed by atoms with Crippen molar-refractivity contribution in [3.63, 3.8) is 0 Å². The quantitative estimate of drug-likeness (QED) is 0.495. The standard InChI is InChI=1S/C6H11BrO2/c1-5(8)9-4-6(2,3)7/h4H2,1-3H3. The summed E-state index contributed by atoms with van der Waals surface area (Å²) >= 11 is 3.33. The topological polar surface area (TPSA) is 26.3 Å². The van der Waals surface area contributed by atoms with E-state index in [1.807, 2.05) is 13.8 Å². The van der Waals surface area contributed by atoms with Gasteiger partial charge in [0.1, 0.15) is 6.61 Å². The van der Waals surface area contributed by atoms with Crippen LogP contribution in [-0.4, -0.2) is 16.9 Å². The van der Waals surface area contributed by atoms with E-state index < -0.39 is 0 Å². The summed E-state index contributed by atoms with van der Waals surface area (Å²) in [6.07, 6.45) is 0. The number of esters is 1. The molecular formula is C6H11BrO2. The van der Waals surface area contributed by atoms with Gasteiger partial charge in [-0.3, -0.25) is 4.79 Å². The molecule has 0 spiro atoms. The van der Waals surface area contributed by atoms with Gasteiger partial charge in [0.25, 0.3) is 0 Å². The molecule has 0 aliphatic carbocycles. The Morgan fingerprint density at radius 3 is 2.22 bits per heavy atom. The van der Waals surface area contributed by atoms with Crippen molar-refractivity contribution in [1.82, 2.24) is 0 Å². The van der Waals surface area contributed by atoms with Gasteiger partial charge in [-0.05, 0) is 13.8 Å². The van der Waals surface area contributed by atoms with Crippen LogP contribution in [0.2, 0.25) is 0 Å². The number of alkyl halides is 1. The molecule has 0 aromatic heterocycles. The first-order chi connectivity index (χ1) is 3.92. The number of carbonyl (C=O) groups is 1. The minimum Gasteiger partial charge on any atom is -0.464 e. The van der Waals surface area contributed by atoms with Gasteiger partial charge in [0.05, 0.1) is 4.32 Å². The lowest BCUT2D eigenvalue weighted by atomic mass is 10.2. The lowest BCUT2D eigenvalue weighted by Gasteiger charge is -2.14. The number of halogens is 1. The molecule has 0 aliphatic rings. The molecule has 0 atom stereocenters. The number of hydrogen-bond acceptors (Lipinski definition) is 2. The molecule has 3 heteroatoms. The van der Waals surface area contributed by atoms with Gasteiger partial charge in [0.2, 0.25) is 0 Å². The first-order valence-corrected chi connectivity index (χ1v) is 3.53. The summed E-state index contributed by atoms with van der Waals surface area (Å²) in [4.78, 5) is 10.2. The van der Waals surface area contributed by atoms with Crippen molar-refractivity contribution in [1.29, 1.82) is 0 Å². The van der Waals surface area contributed by atoms with Gasteiger partial charge in [-0.1, -0.05) is 15.9 Å². The van der Waals surface area contributed by atoms with E-state index in [1.165, 1.54) is 6.92 Å². The molecule has 0 heterocycles. The third-order valence-electron chi connectivity index (χ3n) is 0.619. The molecule has 0 rings (SSSR count). The van der Waals surface area contributed by atoms with E-state index in [0.29, 0.717) is 6.61 Å². The first kappa shape index (κ1) is 8.95. The van der Waals surface area contributed by atoms with Crippen LogP contribution in [0.15, 0.2) is 0 Å². The predicted octanol–water partition coefficient (Wildman–Crippen LogP) is 1.72. The predicted molar refractivity (Wildman–Crippen MR) is 39.6 cm³/mol. The zero-order valence-corrected chi connectivity index (χ0v) is 7.49. The SMILES string of the molecule is CC(=O)OCC(C)(C)Br. The van der Waals surface area contributed by atoms with E-state index in [2.05, 4.69) is 15.9 Å². The van der Waals surface area contributed by atoms with E-state index in [0.717, 1.165) is 0 Å². The van der Waals surface area contributed by atoms with Gasteiger partial charge >= 0.3 is 5.97 Å². The average Bonchev–Trinajstić information content (AvgIpc) is 1.59. The molecule has 0 amide bonds. The Bertz CT molecular complexity index is 104. The molecule has 9 heavy (non-hydrogen) atoms. The molecule has 0 unspecified atom stereocenters. The summed E-state index contributed by atoms with van der Waals surface area (Å²) in [5.41, 5.74) is 0. The molecule has 0 aromatic rings. The minimum absolute atomic E-state index is 0.0985. The number of ether oxygens (including phenoxy) is 1. The normalized spacial score (nSPS) is 11.1. The summed E-state index contributed by atoms with van der Waals surface area (Å²) < 4.78 is 4.62. The van der Waals surface area contributed by atoms with Crippen LogP contribution in [0.4, 0.5) is 0 Å². The molecule has 54 valence electrons. The zero-order valence-electron chi connectivity index (χ0n) is 5.90. The molecule has 0 saturated carbocycles. The Morgan fingerprint density at radius 2 is 2.11 bits per heavy atom. The Hall–Kier alpha value is -0.0500. The van der Waals surface area contributed by atoms with Gasteiger partial charge in [-0.25, -0.2) is 0 Å². The minimum atomic E-state index is -0.234. The van der Waals surface area contributed by atoms with Crippen LogP contribution in [0, 0.1) is 0 Å². The van der Waals surface area contributed by atoms with Crippen molar-refractivity contribution < 1.29 is 9.53 Å². The highest BCUT2D eigenvalue weighted by Crippen LogP contribution is 2.15. The highest BCUT2D eigenvalue weighted by molar-refractivity contribution is 9.10. The van der Waals surface area contributed by atoms with Crippen molar-refractivity contribution in [2.75, 3.05) is 6.61 Å². The Labute approximate surface area is 63.7 Å². The lowest BCUT2D eigenvalue weighted by molar-refractivity contribution is -0.141. The second-order valence-corrected chi connectivity index (χ2v) is 4.65. The van der Waals surface area contributed by atoms with E-state index >= 15 is 0 Å². The summed E-state index contributed by atoms with van der Waals surface area (Å²) in [5, 5.41) is 0. The van der Waals surface area contributed by atoms with Crippen LogP contribution in [0.5, 0.6) is 0 Å². The van der Waals surface area contributed by atoms with E-state index in [9.17, 15) is 4.79 Å². The maximum Gasteiger partial charge on any atom is 0.302 e. The molecule has 0 radical (unpaired) electrons. The van der Waals surface area contributed by atoms with Crippen LogP contribution in [0.3, 0.4) is 0 Å². The maximum absolute atomic E-state index is 10.2. The summed E-state index contributed by atoms with van der Waals surface area (Å²) in [5.74, 6) is -0.234. The molecule has 0 aliphatic heterocycles. The van der Waals surface area contributed by atoms with Crippen molar-refractivity contribution in [3.05, 3.63) is 0 Å². The second-order valence-electron chi connectivity index (χ2n) is 2.50. The number of rotatable bonds is 2. The van der Waals surface area contributed by atoms with Crippen LogP contribution in [-0.2, 0) is 9.53 Å². The van der Waals surface area contributed by atoms with Gasteiger partial charge in [0, 0.05) is 6.92 Å². The monoisotopic (exact) mass is 194 g/mol. The largest absolute Gasteiger partial charge is 0.464 e. The van der Waals surface area contributed by atoms with E-state index in [1.54, 1.807) is 0 Å². The number of carbonyl (C=O) groups excluding carboxylic acids is 1. The summed E-state index contributed by atoms with van der Waals surface area (Å²) in [7, 11) is 0. The van der Waals surface area contributed by atoms with Crippen LogP contribution >= 0.6 is 15.9 Å². The fourth-order valence-corrected chi connectivity index (χ4v) is 0.388. The Balaban J connectivity index is 3.39. The first-order valence-electron chi connectivity index (χ1n) is 2.74. The molecule has 0 aromatic carbocycles. The fraction of sp³-hybridized carbons (Fsp3) is 0.833. The number of hydrogen-bond donors (Lipinski definition) is 0. The van der Waals surface area contributed by atoms with Gasteiger partial charge in [-0.15, -0.1) is 0 Å².